The summed E-state index contributed by atoms with van der Waals surface area (Å²) in [6, 6.07) is 12.6. The Bertz CT molecular complexity index is 1690. The highest BCUT2D eigenvalue weighted by atomic mass is 32.2. The predicted molar refractivity (Wildman–Crippen MR) is 167 cm³/mol. The number of likely N-dealkylation sites (tertiary alicyclic amines) is 1. The summed E-state index contributed by atoms with van der Waals surface area (Å²) in [7, 11) is -3.56. The van der Waals surface area contributed by atoms with Crippen molar-refractivity contribution >= 4 is 66.4 Å². The van der Waals surface area contributed by atoms with Crippen molar-refractivity contribution in [2.45, 2.75) is 55.8 Å². The van der Waals surface area contributed by atoms with Gasteiger partial charge in [-0.3, -0.25) is 0 Å². The van der Waals surface area contributed by atoms with Crippen molar-refractivity contribution in [1.82, 2.24) is 19.9 Å². The fourth-order valence-electron chi connectivity index (χ4n) is 4.68. The first-order valence-corrected chi connectivity index (χ1v) is 16.1. The van der Waals surface area contributed by atoms with Gasteiger partial charge in [-0.1, -0.05) is 29.6 Å². The molecule has 0 spiro atoms. The van der Waals surface area contributed by atoms with Gasteiger partial charge in [-0.15, -0.1) is 0 Å². The number of sulfone groups is 1. The second-order valence-corrected chi connectivity index (χ2v) is 14.5. The second kappa shape index (κ2) is 12.1. The van der Waals surface area contributed by atoms with Crippen molar-refractivity contribution in [1.29, 1.82) is 0 Å². The van der Waals surface area contributed by atoms with E-state index >= 15 is 0 Å². The Balaban J connectivity index is 1.18. The minimum atomic E-state index is -3.56. The van der Waals surface area contributed by atoms with E-state index in [9.17, 15) is 13.2 Å². The maximum atomic E-state index is 13.4. The minimum Gasteiger partial charge on any atom is -0.444 e. The molecule has 3 heterocycles. The van der Waals surface area contributed by atoms with Crippen LogP contribution in [0.5, 0.6) is 0 Å². The lowest BCUT2D eigenvalue weighted by Gasteiger charge is -2.26. The Labute approximate surface area is 249 Å². The largest absolute Gasteiger partial charge is 0.444 e. The SMILES string of the molecule is CC(C)(C)OC(=O)N1CCCC(S(=O)(=O)c2ccc(Nc3ncc(/C=C/c4ccc5nc(N)sc5c4)cn3)cc2)CC1. The average Bonchev–Trinajstić information content (AvgIpc) is 3.13. The summed E-state index contributed by atoms with van der Waals surface area (Å²) >= 11 is 1.45. The first kappa shape index (κ1) is 29.5. The first-order chi connectivity index (χ1) is 20.0. The summed E-state index contributed by atoms with van der Waals surface area (Å²) in [4.78, 5) is 27.4. The zero-order valence-corrected chi connectivity index (χ0v) is 25.4. The Morgan fingerprint density at radius 3 is 2.48 bits per heavy atom. The molecule has 1 amide bonds. The molecule has 0 radical (unpaired) electrons. The lowest BCUT2D eigenvalue weighted by atomic mass is 10.2. The number of carbonyl (C=O) groups is 1. The van der Waals surface area contributed by atoms with Crippen LogP contribution in [0.25, 0.3) is 22.4 Å². The van der Waals surface area contributed by atoms with Gasteiger partial charge in [0.15, 0.2) is 15.0 Å². The number of hydrogen-bond donors (Lipinski definition) is 2. The van der Waals surface area contributed by atoms with Crippen LogP contribution in [-0.4, -0.2) is 58.3 Å². The lowest BCUT2D eigenvalue weighted by molar-refractivity contribution is 0.0257. The fourth-order valence-corrected chi connectivity index (χ4v) is 7.25. The standard InChI is InChI=1S/C30H34N6O4S2/c1-30(2,3)40-29(37)36-15-4-5-23(14-16-36)42(38,39)24-11-9-22(10-12-24)34-28-32-18-21(19-33-28)7-6-20-8-13-25-26(17-20)41-27(31)35-25/h6-13,17-19,23H,4-5,14-16H2,1-3H3,(H2,31,35)(H,32,33,34)/b7-6+. The number of nitrogens with zero attached hydrogens (tertiary/aromatic N) is 4. The molecule has 1 unspecified atom stereocenters. The molecular formula is C30H34N6O4S2. The molecule has 0 bridgehead atoms. The molecule has 1 saturated heterocycles. The highest BCUT2D eigenvalue weighted by Crippen LogP contribution is 2.28. The van der Waals surface area contributed by atoms with Crippen molar-refractivity contribution < 1.29 is 17.9 Å². The molecule has 1 aliphatic heterocycles. The minimum absolute atomic E-state index is 0.254. The van der Waals surface area contributed by atoms with E-state index in [1.54, 1.807) is 41.6 Å². The molecule has 1 aliphatic rings. The molecule has 220 valence electrons. The average molecular weight is 607 g/mol. The number of carbonyl (C=O) groups excluding carboxylic acids is 1. The third-order valence-electron chi connectivity index (χ3n) is 6.77. The van der Waals surface area contributed by atoms with Gasteiger partial charge in [-0.2, -0.15) is 0 Å². The van der Waals surface area contributed by atoms with Crippen molar-refractivity contribution in [3.63, 3.8) is 0 Å². The van der Waals surface area contributed by atoms with Crippen LogP contribution in [0, 0.1) is 0 Å². The van der Waals surface area contributed by atoms with E-state index in [-0.39, 0.29) is 4.90 Å². The monoisotopic (exact) mass is 606 g/mol. The van der Waals surface area contributed by atoms with Gasteiger partial charge in [-0.25, -0.2) is 28.2 Å². The maximum Gasteiger partial charge on any atom is 0.410 e. The molecule has 2 aromatic carbocycles. The molecule has 42 heavy (non-hydrogen) atoms. The number of rotatable bonds is 6. The van der Waals surface area contributed by atoms with Gasteiger partial charge in [0.25, 0.3) is 0 Å². The molecule has 10 nitrogen and oxygen atoms in total. The number of anilines is 3. The number of amides is 1. The van der Waals surface area contributed by atoms with Crippen molar-refractivity contribution in [3.05, 3.63) is 66.0 Å². The van der Waals surface area contributed by atoms with Gasteiger partial charge in [0.1, 0.15) is 5.60 Å². The van der Waals surface area contributed by atoms with E-state index in [0.717, 1.165) is 21.3 Å². The summed E-state index contributed by atoms with van der Waals surface area (Å²) < 4.78 is 33.3. The van der Waals surface area contributed by atoms with E-state index in [4.69, 9.17) is 10.5 Å². The molecule has 12 heteroatoms. The lowest BCUT2D eigenvalue weighted by Crippen LogP contribution is -2.37. The Hall–Kier alpha value is -4.03. The van der Waals surface area contributed by atoms with Crippen LogP contribution in [0.3, 0.4) is 0 Å². The Morgan fingerprint density at radius 2 is 1.76 bits per heavy atom. The number of hydrogen-bond acceptors (Lipinski definition) is 10. The van der Waals surface area contributed by atoms with Crippen LogP contribution < -0.4 is 11.1 Å². The van der Waals surface area contributed by atoms with Gasteiger partial charge in [0.2, 0.25) is 5.95 Å². The molecule has 4 aromatic rings. The highest BCUT2D eigenvalue weighted by molar-refractivity contribution is 7.92. The van der Waals surface area contributed by atoms with Gasteiger partial charge in [0.05, 0.1) is 20.4 Å². The van der Waals surface area contributed by atoms with Crippen LogP contribution in [0.4, 0.5) is 21.6 Å². The normalized spacial score (nSPS) is 16.5. The highest BCUT2D eigenvalue weighted by Gasteiger charge is 2.32. The van der Waals surface area contributed by atoms with Crippen LogP contribution in [-0.2, 0) is 14.6 Å². The zero-order valence-electron chi connectivity index (χ0n) is 23.8. The van der Waals surface area contributed by atoms with E-state index < -0.39 is 26.8 Å². The number of nitrogens with two attached hydrogens (primary N) is 1. The van der Waals surface area contributed by atoms with Crippen molar-refractivity contribution in [2.75, 3.05) is 24.1 Å². The number of nitrogen functional groups attached to an aromatic ring is 1. The zero-order chi connectivity index (χ0) is 29.9. The molecule has 5 rings (SSSR count). The van der Waals surface area contributed by atoms with Gasteiger partial charge >= 0.3 is 6.09 Å². The van der Waals surface area contributed by atoms with E-state index in [2.05, 4.69) is 20.3 Å². The molecule has 1 fully saturated rings. The Morgan fingerprint density at radius 1 is 1.05 bits per heavy atom. The van der Waals surface area contributed by atoms with E-state index in [0.29, 0.717) is 49.1 Å². The summed E-state index contributed by atoms with van der Waals surface area (Å²) in [5, 5.41) is 3.10. The molecule has 0 saturated carbocycles. The molecule has 1 atom stereocenters. The van der Waals surface area contributed by atoms with Crippen molar-refractivity contribution in [3.8, 4) is 0 Å². The van der Waals surface area contributed by atoms with Gasteiger partial charge in [0, 0.05) is 36.7 Å². The molecule has 2 aromatic heterocycles. The number of nitrogens with one attached hydrogen (secondary N) is 1. The molecule has 3 N–H and O–H groups in total. The van der Waals surface area contributed by atoms with Crippen molar-refractivity contribution in [2.24, 2.45) is 0 Å². The van der Waals surface area contributed by atoms with Crippen LogP contribution in [0.15, 0.2) is 59.8 Å². The number of benzene rings is 2. The van der Waals surface area contributed by atoms with Crippen LogP contribution in [0.2, 0.25) is 0 Å². The number of fused-ring (bicyclic) bond motifs is 1. The summed E-state index contributed by atoms with van der Waals surface area (Å²) in [6.07, 6.45) is 8.37. The number of aromatic nitrogens is 3. The smallest absolute Gasteiger partial charge is 0.410 e. The first-order valence-electron chi connectivity index (χ1n) is 13.7. The van der Waals surface area contributed by atoms with Crippen LogP contribution >= 0.6 is 11.3 Å². The summed E-state index contributed by atoms with van der Waals surface area (Å²) in [6.45, 7) is 6.28. The predicted octanol–water partition coefficient (Wildman–Crippen LogP) is 6.15. The van der Waals surface area contributed by atoms with Crippen LogP contribution in [0.1, 0.15) is 51.2 Å². The molecular weight excluding hydrogens is 573 g/mol. The second-order valence-electron chi connectivity index (χ2n) is 11.2. The topological polar surface area (TPSA) is 140 Å². The van der Waals surface area contributed by atoms with E-state index in [1.807, 2.05) is 51.1 Å². The molecule has 0 aliphatic carbocycles. The third-order valence-corrected chi connectivity index (χ3v) is 9.90. The summed E-state index contributed by atoms with van der Waals surface area (Å²) in [5.41, 5.74) is 8.61. The fraction of sp³-hybridized carbons (Fsp3) is 0.333. The van der Waals surface area contributed by atoms with Gasteiger partial charge in [-0.05, 0) is 82.0 Å². The maximum absolute atomic E-state index is 13.4. The number of ether oxygens (including phenoxy) is 1. The Kier molecular flexibility index (Phi) is 8.46. The number of thiazole rings is 1. The van der Waals surface area contributed by atoms with E-state index in [1.165, 1.54) is 11.3 Å². The summed E-state index contributed by atoms with van der Waals surface area (Å²) in [5.74, 6) is 0.398. The third kappa shape index (κ3) is 7.24. The quantitative estimate of drug-likeness (QED) is 0.265. The van der Waals surface area contributed by atoms with Gasteiger partial charge < -0.3 is 20.7 Å².